The molecule has 2 N–H and O–H groups in total. The maximum Gasteiger partial charge on any atom is 0.305 e. The van der Waals surface area contributed by atoms with Crippen molar-refractivity contribution in [1.29, 1.82) is 0 Å². The molecule has 0 aliphatic heterocycles. The molecule has 0 aromatic rings. The number of esters is 1. The SMILES string of the molecule is CC(C)CCCC(C)CCOC(CCOC(=O)CCCCCCCN(CCO)CCCCCC(O)OCCC(OCCC(C)CCCC(C)C)OCCC(C)CCCC(C)C)OCCC(C)CCCC(C)C. The first-order valence-electron chi connectivity index (χ1n) is 30.7. The van der Waals surface area contributed by atoms with Gasteiger partial charge >= 0.3 is 5.97 Å². The molecule has 0 saturated heterocycles. The lowest BCUT2D eigenvalue weighted by Gasteiger charge is -2.22. The van der Waals surface area contributed by atoms with Crippen LogP contribution in [0.1, 0.15) is 263 Å². The molecule has 0 spiro atoms. The minimum Gasteiger partial charge on any atom is -0.465 e. The predicted molar refractivity (Wildman–Crippen MR) is 303 cm³/mol. The summed E-state index contributed by atoms with van der Waals surface area (Å²) in [5, 5.41) is 20.4. The van der Waals surface area contributed by atoms with E-state index in [1.165, 1.54) is 77.0 Å². The predicted octanol–water partition coefficient (Wildman–Crippen LogP) is 16.0. The number of ether oxygens (including phenoxy) is 6. The van der Waals surface area contributed by atoms with Gasteiger partial charge in [0.15, 0.2) is 18.9 Å². The minimum atomic E-state index is -0.782. The molecule has 0 bridgehead atoms. The van der Waals surface area contributed by atoms with Gasteiger partial charge in [-0.2, -0.15) is 0 Å². The Hall–Kier alpha value is -0.850. The molecule has 0 aliphatic rings. The number of nitrogens with zero attached hydrogens (tertiary/aromatic N) is 1. The third kappa shape index (κ3) is 50.0. The highest BCUT2D eigenvalue weighted by Crippen LogP contribution is 2.21. The molecule has 0 saturated carbocycles. The molecular weight excluding hydrogens is 903 g/mol. The average molecular weight is 1030 g/mol. The molecule has 5 unspecified atom stereocenters. The van der Waals surface area contributed by atoms with Crippen LogP contribution in [0.4, 0.5) is 0 Å². The van der Waals surface area contributed by atoms with Gasteiger partial charge in [0.05, 0.1) is 19.8 Å². The lowest BCUT2D eigenvalue weighted by atomic mass is 9.97. The second kappa shape index (κ2) is 49.7. The molecule has 0 aliphatic carbocycles. The van der Waals surface area contributed by atoms with E-state index in [9.17, 15) is 15.0 Å². The fraction of sp³-hybridized carbons (Fsp3) is 0.984. The molecule has 10 heteroatoms. The summed E-state index contributed by atoms with van der Waals surface area (Å²) in [7, 11) is 0. The third-order valence-electron chi connectivity index (χ3n) is 14.5. The molecule has 0 aromatic carbocycles. The van der Waals surface area contributed by atoms with Gasteiger partial charge in [-0.3, -0.25) is 4.79 Å². The van der Waals surface area contributed by atoms with E-state index in [-0.39, 0.29) is 25.2 Å². The Morgan fingerprint density at radius 3 is 1.10 bits per heavy atom. The van der Waals surface area contributed by atoms with Gasteiger partial charge in [-0.25, -0.2) is 0 Å². The lowest BCUT2D eigenvalue weighted by molar-refractivity contribution is -0.171. The molecule has 0 radical (unpaired) electrons. The zero-order valence-electron chi connectivity index (χ0n) is 49.9. The van der Waals surface area contributed by atoms with Gasteiger partial charge in [-0.1, -0.05) is 186 Å². The first kappa shape index (κ1) is 71.2. The van der Waals surface area contributed by atoms with Crippen LogP contribution in [0.3, 0.4) is 0 Å². The van der Waals surface area contributed by atoms with Crippen LogP contribution < -0.4 is 0 Å². The van der Waals surface area contributed by atoms with E-state index in [0.29, 0.717) is 95.5 Å². The van der Waals surface area contributed by atoms with Gasteiger partial charge in [-0.15, -0.1) is 0 Å². The Morgan fingerprint density at radius 1 is 0.361 bits per heavy atom. The molecular formula is C62H125NO9. The number of aliphatic hydroxyl groups is 2. The molecule has 432 valence electrons. The smallest absolute Gasteiger partial charge is 0.305 e. The Labute approximate surface area is 447 Å². The Kier molecular flexibility index (Phi) is 49.1. The summed E-state index contributed by atoms with van der Waals surface area (Å²) in [6, 6.07) is 0. The van der Waals surface area contributed by atoms with Crippen molar-refractivity contribution in [1.82, 2.24) is 4.90 Å². The zero-order chi connectivity index (χ0) is 53.6. The minimum absolute atomic E-state index is 0.130. The zero-order valence-corrected chi connectivity index (χ0v) is 49.9. The van der Waals surface area contributed by atoms with Crippen LogP contribution >= 0.6 is 0 Å². The van der Waals surface area contributed by atoms with Crippen molar-refractivity contribution in [2.75, 3.05) is 65.9 Å². The van der Waals surface area contributed by atoms with E-state index in [4.69, 9.17) is 28.4 Å². The van der Waals surface area contributed by atoms with Crippen LogP contribution in [0.5, 0.6) is 0 Å². The number of hydrogen-bond donors (Lipinski definition) is 2. The second-order valence-corrected chi connectivity index (χ2v) is 24.3. The molecule has 0 heterocycles. The Balaban J connectivity index is 4.47. The van der Waals surface area contributed by atoms with Gasteiger partial charge in [0, 0.05) is 52.2 Å². The lowest BCUT2D eigenvalue weighted by Crippen LogP contribution is -2.29. The summed E-state index contributed by atoms with van der Waals surface area (Å²) in [5.41, 5.74) is 0. The van der Waals surface area contributed by atoms with Crippen molar-refractivity contribution < 1.29 is 43.4 Å². The van der Waals surface area contributed by atoms with Gasteiger partial charge in [0.25, 0.3) is 0 Å². The summed E-state index contributed by atoms with van der Waals surface area (Å²) in [4.78, 5) is 15.0. The van der Waals surface area contributed by atoms with Crippen molar-refractivity contribution in [3.05, 3.63) is 0 Å². The molecule has 0 rings (SSSR count). The van der Waals surface area contributed by atoms with Crippen molar-refractivity contribution in [3.63, 3.8) is 0 Å². The molecule has 72 heavy (non-hydrogen) atoms. The number of unbranched alkanes of at least 4 members (excludes halogenated alkanes) is 6. The quantitative estimate of drug-likeness (QED) is 0.0347. The van der Waals surface area contributed by atoms with E-state index in [2.05, 4.69) is 88.0 Å². The van der Waals surface area contributed by atoms with Gasteiger partial charge < -0.3 is 43.5 Å². The monoisotopic (exact) mass is 1030 g/mol. The van der Waals surface area contributed by atoms with Crippen LogP contribution in [0.25, 0.3) is 0 Å². The van der Waals surface area contributed by atoms with E-state index >= 15 is 0 Å². The first-order valence-corrected chi connectivity index (χ1v) is 30.7. The van der Waals surface area contributed by atoms with Gasteiger partial charge in [0.1, 0.15) is 0 Å². The fourth-order valence-electron chi connectivity index (χ4n) is 9.28. The summed E-state index contributed by atoms with van der Waals surface area (Å²) in [6.07, 6.45) is 28.2. The summed E-state index contributed by atoms with van der Waals surface area (Å²) in [6.45, 7) is 33.9. The second-order valence-electron chi connectivity index (χ2n) is 24.3. The Bertz CT molecular complexity index is 1090. The maximum atomic E-state index is 12.6. The molecule has 10 nitrogen and oxygen atoms in total. The average Bonchev–Trinajstić information content (AvgIpc) is 3.30. The molecule has 5 atom stereocenters. The summed E-state index contributed by atoms with van der Waals surface area (Å²) < 4.78 is 36.5. The highest BCUT2D eigenvalue weighted by atomic mass is 16.7. The molecule has 0 amide bonds. The van der Waals surface area contributed by atoms with Crippen LogP contribution in [0, 0.1) is 47.3 Å². The first-order chi connectivity index (χ1) is 34.5. The van der Waals surface area contributed by atoms with Gasteiger partial charge in [-0.05, 0) is 118 Å². The van der Waals surface area contributed by atoms with Crippen molar-refractivity contribution in [2.45, 2.75) is 282 Å². The summed E-state index contributed by atoms with van der Waals surface area (Å²) in [5.74, 6) is 5.42. The van der Waals surface area contributed by atoms with E-state index in [1.807, 2.05) is 0 Å². The number of rotatable bonds is 55. The number of carbonyl (C=O) groups is 1. The highest BCUT2D eigenvalue weighted by Gasteiger charge is 2.17. The standard InChI is InChI=1S/C62H125NO9/c1-51(2)25-21-29-55(9)35-45-69-61(70-46-36-56(10)30-22-26-52(3)4)39-49-67-59(65)33-17-14-13-15-19-41-63(43-44-64)42-20-16-18-34-60(66)68-50-40-62(71-47-37-57(11)31-23-27-53(5)6)72-48-38-58(12)32-24-28-54(7)8/h51-58,60-62,64,66H,13-50H2,1-12H3. The number of aliphatic hydroxyl groups excluding tert-OH is 2. The highest BCUT2D eigenvalue weighted by molar-refractivity contribution is 5.69. The summed E-state index contributed by atoms with van der Waals surface area (Å²) >= 11 is 0. The van der Waals surface area contributed by atoms with Crippen molar-refractivity contribution in [3.8, 4) is 0 Å². The number of carbonyl (C=O) groups excluding carboxylic acids is 1. The Morgan fingerprint density at radius 2 is 0.708 bits per heavy atom. The van der Waals surface area contributed by atoms with Crippen LogP contribution in [0.15, 0.2) is 0 Å². The largest absolute Gasteiger partial charge is 0.465 e. The van der Waals surface area contributed by atoms with E-state index < -0.39 is 6.29 Å². The van der Waals surface area contributed by atoms with Crippen LogP contribution in [0.2, 0.25) is 0 Å². The van der Waals surface area contributed by atoms with Crippen molar-refractivity contribution >= 4 is 5.97 Å². The normalized spacial score (nSPS) is 15.3. The molecule has 0 fully saturated rings. The third-order valence-corrected chi connectivity index (χ3v) is 14.5. The van der Waals surface area contributed by atoms with Crippen molar-refractivity contribution in [2.24, 2.45) is 47.3 Å². The fourth-order valence-corrected chi connectivity index (χ4v) is 9.28. The number of hydrogen-bond acceptors (Lipinski definition) is 10. The van der Waals surface area contributed by atoms with Crippen LogP contribution in [-0.4, -0.2) is 106 Å². The van der Waals surface area contributed by atoms with E-state index in [0.717, 1.165) is 114 Å². The maximum absolute atomic E-state index is 12.6. The van der Waals surface area contributed by atoms with Gasteiger partial charge in [0.2, 0.25) is 0 Å². The topological polar surface area (TPSA) is 116 Å². The van der Waals surface area contributed by atoms with E-state index in [1.54, 1.807) is 0 Å². The van der Waals surface area contributed by atoms with Crippen LogP contribution in [-0.2, 0) is 33.2 Å². The molecule has 0 aromatic heterocycles.